The molecule has 0 radical (unpaired) electrons. The average Bonchev–Trinajstić information content (AvgIpc) is 2.39. The van der Waals surface area contributed by atoms with Crippen molar-refractivity contribution in [3.05, 3.63) is 35.9 Å². The van der Waals surface area contributed by atoms with Crippen LogP contribution in [0.25, 0.3) is 0 Å². The maximum Gasteiger partial charge on any atom is 0.234 e. The monoisotopic (exact) mass is 277 g/mol. The first-order chi connectivity index (χ1) is 9.52. The summed E-state index contributed by atoms with van der Waals surface area (Å²) in [5.74, 6) is -0.222. The molecule has 1 atom stereocenters. The Hall–Kier alpha value is -1.88. The van der Waals surface area contributed by atoms with Crippen molar-refractivity contribution in [3.8, 4) is 0 Å². The second-order valence-corrected chi connectivity index (χ2v) is 4.96. The molecule has 110 valence electrons. The molecular weight excluding hydrogens is 254 g/mol. The van der Waals surface area contributed by atoms with Gasteiger partial charge in [-0.1, -0.05) is 37.3 Å². The molecule has 5 heteroatoms. The Labute approximate surface area is 120 Å². The van der Waals surface area contributed by atoms with E-state index in [0.717, 1.165) is 6.42 Å². The fraction of sp³-hybridized carbons (Fsp3) is 0.467. The van der Waals surface area contributed by atoms with Crippen molar-refractivity contribution in [3.63, 3.8) is 0 Å². The Morgan fingerprint density at radius 2 is 1.90 bits per heavy atom. The number of rotatable bonds is 8. The van der Waals surface area contributed by atoms with Crippen LogP contribution in [0.3, 0.4) is 0 Å². The Morgan fingerprint density at radius 3 is 2.45 bits per heavy atom. The summed E-state index contributed by atoms with van der Waals surface area (Å²) in [6.07, 6.45) is 0.960. The minimum atomic E-state index is -0.434. The van der Waals surface area contributed by atoms with Gasteiger partial charge in [0.2, 0.25) is 11.8 Å². The lowest BCUT2D eigenvalue weighted by Crippen LogP contribution is -2.40. The number of hydrogen-bond acceptors (Lipinski definition) is 3. The quantitative estimate of drug-likeness (QED) is 0.735. The highest BCUT2D eigenvalue weighted by Crippen LogP contribution is 2.17. The highest BCUT2D eigenvalue weighted by molar-refractivity contribution is 5.80. The van der Waals surface area contributed by atoms with E-state index in [1.807, 2.05) is 18.2 Å². The summed E-state index contributed by atoms with van der Waals surface area (Å²) in [6.45, 7) is 2.96. The molecule has 0 aliphatic rings. The highest BCUT2D eigenvalue weighted by Gasteiger charge is 2.12. The molecule has 0 aliphatic heterocycles. The van der Waals surface area contributed by atoms with E-state index in [0.29, 0.717) is 12.5 Å². The second kappa shape index (κ2) is 8.32. The first kappa shape index (κ1) is 16.2. The zero-order valence-corrected chi connectivity index (χ0v) is 12.1. The average molecular weight is 277 g/mol. The number of carbonyl (C=O) groups is 2. The maximum absolute atomic E-state index is 11.8. The molecule has 1 rings (SSSR count). The molecule has 0 aliphatic carbocycles. The summed E-state index contributed by atoms with van der Waals surface area (Å²) >= 11 is 0. The van der Waals surface area contributed by atoms with E-state index < -0.39 is 5.91 Å². The van der Waals surface area contributed by atoms with Crippen molar-refractivity contribution in [2.45, 2.75) is 19.3 Å². The smallest absolute Gasteiger partial charge is 0.234 e. The van der Waals surface area contributed by atoms with Crippen LogP contribution in [0.1, 0.15) is 24.8 Å². The molecule has 0 aromatic heterocycles. The van der Waals surface area contributed by atoms with Gasteiger partial charge in [-0.25, -0.2) is 0 Å². The van der Waals surface area contributed by atoms with E-state index in [-0.39, 0.29) is 19.0 Å². The largest absolute Gasteiger partial charge is 0.369 e. The molecule has 2 amide bonds. The standard InChI is InChI=1S/C15H23N3O2/c1-3-12(13-7-5-4-6-8-13)9-17-15(20)11-18(2)10-14(16)19/h4-8,12H,3,9-11H2,1-2H3,(H2,16,19)(H,17,20)/t12-/m0/s1. The predicted molar refractivity (Wildman–Crippen MR) is 79.2 cm³/mol. The van der Waals surface area contributed by atoms with E-state index in [1.165, 1.54) is 5.56 Å². The molecule has 0 unspecified atom stereocenters. The lowest BCUT2D eigenvalue weighted by molar-refractivity contribution is -0.123. The number of nitrogens with one attached hydrogen (secondary N) is 1. The normalized spacial score (nSPS) is 12.2. The van der Waals surface area contributed by atoms with E-state index >= 15 is 0 Å². The van der Waals surface area contributed by atoms with Crippen molar-refractivity contribution in [1.82, 2.24) is 10.2 Å². The van der Waals surface area contributed by atoms with Gasteiger partial charge in [-0.05, 0) is 19.0 Å². The lowest BCUT2D eigenvalue weighted by atomic mass is 9.96. The van der Waals surface area contributed by atoms with Crippen LogP contribution >= 0.6 is 0 Å². The Kier molecular flexibility index (Phi) is 6.73. The predicted octanol–water partition coefficient (Wildman–Crippen LogP) is 0.714. The van der Waals surface area contributed by atoms with Crippen molar-refractivity contribution >= 4 is 11.8 Å². The summed E-state index contributed by atoms with van der Waals surface area (Å²) in [5.41, 5.74) is 6.30. The van der Waals surface area contributed by atoms with Crippen LogP contribution in [0.4, 0.5) is 0 Å². The van der Waals surface area contributed by atoms with Crippen LogP contribution in [0.5, 0.6) is 0 Å². The molecule has 0 fully saturated rings. The van der Waals surface area contributed by atoms with E-state index in [1.54, 1.807) is 11.9 Å². The number of carbonyl (C=O) groups excluding carboxylic acids is 2. The Bertz CT molecular complexity index is 434. The molecule has 0 bridgehead atoms. The lowest BCUT2D eigenvalue weighted by Gasteiger charge is -2.18. The molecule has 1 aromatic carbocycles. The van der Waals surface area contributed by atoms with Crippen LogP contribution in [-0.2, 0) is 9.59 Å². The van der Waals surface area contributed by atoms with Gasteiger partial charge in [0, 0.05) is 12.5 Å². The maximum atomic E-state index is 11.8. The van der Waals surface area contributed by atoms with E-state index in [2.05, 4.69) is 24.4 Å². The summed E-state index contributed by atoms with van der Waals surface area (Å²) in [7, 11) is 1.69. The summed E-state index contributed by atoms with van der Waals surface area (Å²) < 4.78 is 0. The van der Waals surface area contributed by atoms with Gasteiger partial charge in [0.25, 0.3) is 0 Å². The molecule has 1 aromatic rings. The zero-order valence-electron chi connectivity index (χ0n) is 12.1. The number of likely N-dealkylation sites (N-methyl/N-ethyl adjacent to an activating group) is 1. The van der Waals surface area contributed by atoms with Gasteiger partial charge in [-0.3, -0.25) is 14.5 Å². The molecule has 0 saturated heterocycles. The van der Waals surface area contributed by atoms with Gasteiger partial charge in [0.15, 0.2) is 0 Å². The first-order valence-electron chi connectivity index (χ1n) is 6.81. The van der Waals surface area contributed by atoms with Gasteiger partial charge >= 0.3 is 0 Å². The molecule has 20 heavy (non-hydrogen) atoms. The summed E-state index contributed by atoms with van der Waals surface area (Å²) in [5, 5.41) is 2.90. The Morgan fingerprint density at radius 1 is 1.25 bits per heavy atom. The number of amides is 2. The van der Waals surface area contributed by atoms with Gasteiger partial charge in [-0.15, -0.1) is 0 Å². The molecular formula is C15H23N3O2. The molecule has 0 saturated carbocycles. The van der Waals surface area contributed by atoms with Gasteiger partial charge in [0.1, 0.15) is 0 Å². The van der Waals surface area contributed by atoms with Gasteiger partial charge in [0.05, 0.1) is 13.1 Å². The fourth-order valence-electron chi connectivity index (χ4n) is 2.08. The van der Waals surface area contributed by atoms with Crippen LogP contribution in [-0.4, -0.2) is 43.4 Å². The van der Waals surface area contributed by atoms with Crippen molar-refractivity contribution in [1.29, 1.82) is 0 Å². The summed E-state index contributed by atoms with van der Waals surface area (Å²) in [6, 6.07) is 10.1. The van der Waals surface area contributed by atoms with Gasteiger partial charge < -0.3 is 11.1 Å². The van der Waals surface area contributed by atoms with Crippen molar-refractivity contribution in [2.75, 3.05) is 26.7 Å². The van der Waals surface area contributed by atoms with Crippen molar-refractivity contribution < 1.29 is 9.59 Å². The van der Waals surface area contributed by atoms with E-state index in [4.69, 9.17) is 5.73 Å². The minimum Gasteiger partial charge on any atom is -0.369 e. The number of primary amides is 1. The zero-order chi connectivity index (χ0) is 15.0. The molecule has 0 heterocycles. The van der Waals surface area contributed by atoms with E-state index in [9.17, 15) is 9.59 Å². The Balaban J connectivity index is 2.41. The van der Waals surface area contributed by atoms with Crippen molar-refractivity contribution in [2.24, 2.45) is 5.73 Å². The minimum absolute atomic E-state index is 0.0866. The number of benzene rings is 1. The third-order valence-electron chi connectivity index (χ3n) is 3.15. The molecule has 5 nitrogen and oxygen atoms in total. The number of hydrogen-bond donors (Lipinski definition) is 2. The molecule has 3 N–H and O–H groups in total. The summed E-state index contributed by atoms with van der Waals surface area (Å²) in [4.78, 5) is 24.1. The van der Waals surface area contributed by atoms with Crippen LogP contribution in [0, 0.1) is 0 Å². The number of nitrogens with zero attached hydrogens (tertiary/aromatic N) is 1. The highest BCUT2D eigenvalue weighted by atomic mass is 16.2. The third-order valence-corrected chi connectivity index (χ3v) is 3.15. The third kappa shape index (κ3) is 5.84. The second-order valence-electron chi connectivity index (χ2n) is 4.96. The number of nitrogens with two attached hydrogens (primary N) is 1. The van der Waals surface area contributed by atoms with Crippen LogP contribution in [0.2, 0.25) is 0 Å². The van der Waals surface area contributed by atoms with Crippen LogP contribution < -0.4 is 11.1 Å². The topological polar surface area (TPSA) is 75.4 Å². The fourth-order valence-corrected chi connectivity index (χ4v) is 2.08. The van der Waals surface area contributed by atoms with Gasteiger partial charge in [-0.2, -0.15) is 0 Å². The first-order valence-corrected chi connectivity index (χ1v) is 6.81. The van der Waals surface area contributed by atoms with Crippen LogP contribution in [0.15, 0.2) is 30.3 Å². The SMILES string of the molecule is CC[C@@H](CNC(=O)CN(C)CC(N)=O)c1ccccc1. The molecule has 0 spiro atoms.